The predicted molar refractivity (Wildman–Crippen MR) is 84.7 cm³/mol. The van der Waals surface area contributed by atoms with E-state index in [1.807, 2.05) is 0 Å². The number of carbonyl (C=O) groups is 3. The first-order valence-electron chi connectivity index (χ1n) is 6.80. The van der Waals surface area contributed by atoms with Gasteiger partial charge in [-0.1, -0.05) is 5.16 Å². The third kappa shape index (κ3) is 4.67. The van der Waals surface area contributed by atoms with Crippen molar-refractivity contribution in [2.45, 2.75) is 0 Å². The second-order valence-electron chi connectivity index (χ2n) is 4.71. The van der Waals surface area contributed by atoms with Gasteiger partial charge in [0.25, 0.3) is 17.6 Å². The van der Waals surface area contributed by atoms with Crippen LogP contribution in [-0.4, -0.2) is 29.0 Å². The van der Waals surface area contributed by atoms with Gasteiger partial charge in [-0.3, -0.25) is 14.4 Å². The summed E-state index contributed by atoms with van der Waals surface area (Å²) in [5.41, 5.74) is 0.928. The summed E-state index contributed by atoms with van der Waals surface area (Å²) in [4.78, 5) is 32.5. The van der Waals surface area contributed by atoms with Gasteiger partial charge in [0, 0.05) is 5.69 Å². The van der Waals surface area contributed by atoms with Gasteiger partial charge in [-0.2, -0.15) is 0 Å². The van der Waals surface area contributed by atoms with E-state index >= 15 is 0 Å². The molecule has 2 aromatic carbocycles. The Hall–Kier alpha value is -3.62. The highest BCUT2D eigenvalue weighted by atomic mass is 19.1. The molecular formula is C16H11F2N3O4. The molecule has 3 rings (SSSR count). The monoisotopic (exact) mass is 347 g/mol. The lowest BCUT2D eigenvalue weighted by Crippen LogP contribution is -2.12. The molecule has 2 amide bonds. The number of anilines is 2. The molecule has 128 valence electrons. The van der Waals surface area contributed by atoms with Crippen molar-refractivity contribution >= 4 is 35.2 Å². The quantitative estimate of drug-likeness (QED) is 0.335. The number of ketones is 1. The van der Waals surface area contributed by atoms with Gasteiger partial charge in [0.15, 0.2) is 0 Å². The maximum absolute atomic E-state index is 12.6. The lowest BCUT2D eigenvalue weighted by Gasteiger charge is -1.99. The second-order valence-corrected chi connectivity index (χ2v) is 4.71. The zero-order chi connectivity index (χ0) is 18.4. The number of benzene rings is 2. The summed E-state index contributed by atoms with van der Waals surface area (Å²) < 4.78 is 25.0. The molecule has 0 bridgehead atoms. The van der Waals surface area contributed by atoms with Crippen molar-refractivity contribution in [3.8, 4) is 0 Å². The van der Waals surface area contributed by atoms with E-state index < -0.39 is 23.4 Å². The van der Waals surface area contributed by atoms with Crippen molar-refractivity contribution in [1.29, 1.82) is 0 Å². The lowest BCUT2D eigenvalue weighted by atomic mass is 10.1. The number of halogens is 2. The average Bonchev–Trinajstić information content (AvgIpc) is 2.85. The van der Waals surface area contributed by atoms with E-state index in [2.05, 4.69) is 15.8 Å². The van der Waals surface area contributed by atoms with E-state index in [0.29, 0.717) is 17.6 Å². The second kappa shape index (κ2) is 7.77. The standard InChI is InChI=1S/C8H7FN2O2.C8H4FNO2/c9-6-1-3-7(4-2-6)11-8(12)5-10-13;9-4-1-2-6-5(3-4)7(11)8(12)10-6/h1-5,13H,(H,11,12);1-3H,(H,10,11,12)/b10-5+;. The van der Waals surface area contributed by atoms with Crippen LogP contribution in [0.1, 0.15) is 10.4 Å². The predicted octanol–water partition coefficient (Wildman–Crippen LogP) is 2.18. The first kappa shape index (κ1) is 17.7. The number of oxime groups is 1. The van der Waals surface area contributed by atoms with Crippen molar-refractivity contribution in [3.63, 3.8) is 0 Å². The first-order valence-corrected chi connectivity index (χ1v) is 6.80. The number of hydrogen-bond donors (Lipinski definition) is 3. The van der Waals surface area contributed by atoms with Crippen LogP contribution >= 0.6 is 0 Å². The van der Waals surface area contributed by atoms with Gasteiger partial charge in [-0.15, -0.1) is 0 Å². The van der Waals surface area contributed by atoms with E-state index in [1.54, 1.807) is 0 Å². The van der Waals surface area contributed by atoms with Crippen molar-refractivity contribution in [1.82, 2.24) is 0 Å². The number of carbonyl (C=O) groups excluding carboxylic acids is 3. The Morgan fingerprint density at radius 3 is 2.36 bits per heavy atom. The Balaban J connectivity index is 0.000000181. The molecule has 2 aromatic rings. The number of nitrogens with zero attached hydrogens (tertiary/aromatic N) is 1. The minimum Gasteiger partial charge on any atom is -0.411 e. The third-order valence-electron chi connectivity index (χ3n) is 2.97. The summed E-state index contributed by atoms with van der Waals surface area (Å²) >= 11 is 0. The maximum Gasteiger partial charge on any atom is 0.296 e. The molecule has 9 heteroatoms. The fourth-order valence-corrected chi connectivity index (χ4v) is 1.87. The van der Waals surface area contributed by atoms with E-state index in [4.69, 9.17) is 5.21 Å². The van der Waals surface area contributed by atoms with E-state index in [1.165, 1.54) is 36.4 Å². The number of hydrogen-bond acceptors (Lipinski definition) is 5. The van der Waals surface area contributed by atoms with Crippen molar-refractivity contribution in [2.75, 3.05) is 10.6 Å². The Morgan fingerprint density at radius 1 is 1.08 bits per heavy atom. The molecule has 1 heterocycles. The van der Waals surface area contributed by atoms with Gasteiger partial charge >= 0.3 is 0 Å². The van der Waals surface area contributed by atoms with Crippen LogP contribution in [0.3, 0.4) is 0 Å². The third-order valence-corrected chi connectivity index (χ3v) is 2.97. The van der Waals surface area contributed by atoms with Crippen LogP contribution in [-0.2, 0) is 9.59 Å². The first-order chi connectivity index (χ1) is 11.9. The largest absolute Gasteiger partial charge is 0.411 e. The van der Waals surface area contributed by atoms with Crippen LogP contribution in [0.2, 0.25) is 0 Å². The summed E-state index contributed by atoms with van der Waals surface area (Å²) in [6.07, 6.45) is 0.712. The zero-order valence-corrected chi connectivity index (χ0v) is 12.5. The van der Waals surface area contributed by atoms with Crippen LogP contribution in [0.15, 0.2) is 47.6 Å². The lowest BCUT2D eigenvalue weighted by molar-refractivity contribution is -0.112. The Labute approximate surface area is 140 Å². The minimum absolute atomic E-state index is 0.111. The summed E-state index contributed by atoms with van der Waals surface area (Å²) in [7, 11) is 0. The summed E-state index contributed by atoms with van der Waals surface area (Å²) in [5.74, 6) is -2.85. The van der Waals surface area contributed by atoms with Crippen LogP contribution < -0.4 is 10.6 Å². The molecule has 0 aliphatic carbocycles. The molecule has 0 saturated carbocycles. The van der Waals surface area contributed by atoms with Gasteiger partial charge in [-0.25, -0.2) is 8.78 Å². The zero-order valence-electron chi connectivity index (χ0n) is 12.5. The summed E-state index contributed by atoms with van der Waals surface area (Å²) in [6.45, 7) is 0. The molecule has 1 aliphatic heterocycles. The van der Waals surface area contributed by atoms with Crippen LogP contribution in [0.5, 0.6) is 0 Å². The highest BCUT2D eigenvalue weighted by molar-refractivity contribution is 6.51. The van der Waals surface area contributed by atoms with Crippen molar-refractivity contribution < 1.29 is 28.4 Å². The average molecular weight is 347 g/mol. The molecule has 3 N–H and O–H groups in total. The molecule has 0 saturated heterocycles. The number of fused-ring (bicyclic) bond motifs is 1. The van der Waals surface area contributed by atoms with Crippen LogP contribution in [0.4, 0.5) is 20.2 Å². The molecule has 7 nitrogen and oxygen atoms in total. The smallest absolute Gasteiger partial charge is 0.296 e. The Morgan fingerprint density at radius 2 is 1.72 bits per heavy atom. The fourth-order valence-electron chi connectivity index (χ4n) is 1.87. The Bertz CT molecular complexity index is 851. The molecule has 0 spiro atoms. The van der Waals surface area contributed by atoms with E-state index in [-0.39, 0.29) is 11.4 Å². The molecule has 0 radical (unpaired) electrons. The number of amides is 2. The molecule has 0 fully saturated rings. The van der Waals surface area contributed by atoms with Crippen LogP contribution in [0.25, 0.3) is 0 Å². The van der Waals surface area contributed by atoms with E-state index in [0.717, 1.165) is 6.07 Å². The molecule has 0 unspecified atom stereocenters. The van der Waals surface area contributed by atoms with Crippen LogP contribution in [0, 0.1) is 11.6 Å². The maximum atomic E-state index is 12.6. The number of Topliss-reactive ketones (excluding diaryl/α,β-unsaturated/α-hetero) is 1. The summed E-state index contributed by atoms with van der Waals surface area (Å²) in [6, 6.07) is 8.84. The van der Waals surface area contributed by atoms with Gasteiger partial charge in [0.05, 0.1) is 11.3 Å². The van der Waals surface area contributed by atoms with Gasteiger partial charge < -0.3 is 15.8 Å². The Kier molecular flexibility index (Phi) is 5.51. The highest BCUT2D eigenvalue weighted by Gasteiger charge is 2.27. The molecule has 25 heavy (non-hydrogen) atoms. The molecule has 0 aromatic heterocycles. The summed E-state index contributed by atoms with van der Waals surface area (Å²) in [5, 5.41) is 15.2. The number of nitrogens with one attached hydrogen (secondary N) is 2. The normalized spacial score (nSPS) is 12.2. The SMILES string of the molecule is O=C(/C=N/O)Nc1ccc(F)cc1.O=C1Nc2ccc(F)cc2C1=O. The topological polar surface area (TPSA) is 108 Å². The van der Waals surface area contributed by atoms with Gasteiger partial charge in [-0.05, 0) is 42.5 Å². The van der Waals surface area contributed by atoms with Crippen molar-refractivity contribution in [3.05, 3.63) is 59.7 Å². The highest BCUT2D eigenvalue weighted by Crippen LogP contribution is 2.22. The van der Waals surface area contributed by atoms with E-state index in [9.17, 15) is 23.2 Å². The van der Waals surface area contributed by atoms with Gasteiger partial charge in [0.2, 0.25) is 0 Å². The molecule has 1 aliphatic rings. The van der Waals surface area contributed by atoms with Gasteiger partial charge in [0.1, 0.15) is 17.8 Å². The molecule has 0 atom stereocenters. The molecular weight excluding hydrogens is 336 g/mol. The fraction of sp³-hybridized carbons (Fsp3) is 0. The van der Waals surface area contributed by atoms with Crippen molar-refractivity contribution in [2.24, 2.45) is 5.16 Å². The number of rotatable bonds is 2. The minimum atomic E-state index is -0.699.